The van der Waals surface area contributed by atoms with Gasteiger partial charge in [-0.2, -0.15) is 0 Å². The Kier molecular flexibility index (Phi) is 10.7. The first-order valence-electron chi connectivity index (χ1n) is 12.9. The second-order valence-electron chi connectivity index (χ2n) is 13.5. The lowest BCUT2D eigenvalue weighted by Gasteiger charge is -2.48. The normalized spacial score (nSPS) is 19.8. The van der Waals surface area contributed by atoms with E-state index in [9.17, 15) is 0 Å². The Balaban J connectivity index is 4.91. The molecule has 2 heteroatoms. The van der Waals surface area contributed by atoms with Crippen molar-refractivity contribution in [2.75, 3.05) is 0 Å². The molecule has 0 saturated carbocycles. The Hall–Kier alpha value is -0.0800. The zero-order chi connectivity index (χ0) is 24.1. The molecule has 4 N–H and O–H groups in total. The molecule has 0 aromatic rings. The standard InChI is InChI=1S/C28H60N2/c1-13-26(10,23(4,5)21-25(8,9)29)19-17-16-18-20-27(11,14-2)24(6,7)22-28(12,30)15-3/h13-22,29-30H2,1-12H3. The Labute approximate surface area is 191 Å². The van der Waals surface area contributed by atoms with Crippen LogP contribution in [0.1, 0.15) is 147 Å². The molecular formula is C28H60N2. The van der Waals surface area contributed by atoms with Crippen molar-refractivity contribution >= 4 is 0 Å². The van der Waals surface area contributed by atoms with Gasteiger partial charge in [-0.05, 0) is 74.5 Å². The van der Waals surface area contributed by atoms with Crippen molar-refractivity contribution in [3.8, 4) is 0 Å². The highest BCUT2D eigenvalue weighted by Crippen LogP contribution is 2.51. The Morgan fingerprint density at radius 1 is 0.500 bits per heavy atom. The summed E-state index contributed by atoms with van der Waals surface area (Å²) in [5, 5.41) is 0. The van der Waals surface area contributed by atoms with E-state index in [1.807, 2.05) is 0 Å². The minimum Gasteiger partial charge on any atom is -0.326 e. The summed E-state index contributed by atoms with van der Waals surface area (Å²) in [5.41, 5.74) is 14.0. The lowest BCUT2D eigenvalue weighted by molar-refractivity contribution is 0.0331. The van der Waals surface area contributed by atoms with Gasteiger partial charge in [0.15, 0.2) is 0 Å². The highest BCUT2D eigenvalue weighted by Gasteiger charge is 2.43. The van der Waals surface area contributed by atoms with E-state index in [4.69, 9.17) is 11.5 Å². The van der Waals surface area contributed by atoms with E-state index in [-0.39, 0.29) is 21.9 Å². The van der Waals surface area contributed by atoms with E-state index in [2.05, 4.69) is 83.1 Å². The molecule has 0 radical (unpaired) electrons. The van der Waals surface area contributed by atoms with Crippen LogP contribution in [-0.4, -0.2) is 11.1 Å². The summed E-state index contributed by atoms with van der Waals surface area (Å²) in [5.74, 6) is 0. The summed E-state index contributed by atoms with van der Waals surface area (Å²) in [7, 11) is 0. The van der Waals surface area contributed by atoms with Gasteiger partial charge in [0.2, 0.25) is 0 Å². The topological polar surface area (TPSA) is 52.0 Å². The van der Waals surface area contributed by atoms with Crippen molar-refractivity contribution < 1.29 is 0 Å². The van der Waals surface area contributed by atoms with Gasteiger partial charge in [-0.1, -0.05) is 94.4 Å². The second kappa shape index (κ2) is 10.7. The lowest BCUT2D eigenvalue weighted by Crippen LogP contribution is -2.46. The van der Waals surface area contributed by atoms with Gasteiger partial charge in [-0.3, -0.25) is 0 Å². The molecule has 0 amide bonds. The fraction of sp³-hybridized carbons (Fsp3) is 1.00. The van der Waals surface area contributed by atoms with Crippen LogP contribution in [0.15, 0.2) is 0 Å². The molecule has 0 bridgehead atoms. The van der Waals surface area contributed by atoms with Gasteiger partial charge in [0, 0.05) is 11.1 Å². The van der Waals surface area contributed by atoms with Crippen LogP contribution in [0.25, 0.3) is 0 Å². The van der Waals surface area contributed by atoms with Crippen molar-refractivity contribution in [2.24, 2.45) is 33.1 Å². The number of hydrogen-bond acceptors (Lipinski definition) is 2. The molecule has 182 valence electrons. The summed E-state index contributed by atoms with van der Waals surface area (Å²) in [6.07, 6.45) is 12.2. The quantitative estimate of drug-likeness (QED) is 0.259. The molecule has 0 aliphatic rings. The summed E-state index contributed by atoms with van der Waals surface area (Å²) in [6, 6.07) is 0. The molecule has 0 rings (SSSR count). The summed E-state index contributed by atoms with van der Waals surface area (Å²) in [6.45, 7) is 28.3. The van der Waals surface area contributed by atoms with Crippen molar-refractivity contribution in [2.45, 2.75) is 158 Å². The molecule has 0 aromatic carbocycles. The smallest absolute Gasteiger partial charge is 0.0128 e. The predicted molar refractivity (Wildman–Crippen MR) is 138 cm³/mol. The number of unbranched alkanes of at least 4 members (excludes halogenated alkanes) is 2. The summed E-state index contributed by atoms with van der Waals surface area (Å²) < 4.78 is 0. The van der Waals surface area contributed by atoms with Gasteiger partial charge in [-0.25, -0.2) is 0 Å². The largest absolute Gasteiger partial charge is 0.326 e. The van der Waals surface area contributed by atoms with Gasteiger partial charge >= 0.3 is 0 Å². The minimum absolute atomic E-state index is 0.0643. The highest BCUT2D eigenvalue weighted by atomic mass is 14.7. The highest BCUT2D eigenvalue weighted by molar-refractivity contribution is 4.96. The van der Waals surface area contributed by atoms with Gasteiger partial charge < -0.3 is 11.5 Å². The third-order valence-electron chi connectivity index (χ3n) is 9.34. The first kappa shape index (κ1) is 29.9. The third kappa shape index (κ3) is 8.45. The van der Waals surface area contributed by atoms with E-state index in [0.29, 0.717) is 10.8 Å². The van der Waals surface area contributed by atoms with Crippen LogP contribution in [0.5, 0.6) is 0 Å². The molecular weight excluding hydrogens is 364 g/mol. The van der Waals surface area contributed by atoms with Crippen LogP contribution in [0.3, 0.4) is 0 Å². The van der Waals surface area contributed by atoms with Gasteiger partial charge in [0.05, 0.1) is 0 Å². The average Bonchev–Trinajstić information content (AvgIpc) is 2.57. The monoisotopic (exact) mass is 424 g/mol. The van der Waals surface area contributed by atoms with Crippen molar-refractivity contribution in [3.05, 3.63) is 0 Å². The second-order valence-corrected chi connectivity index (χ2v) is 13.5. The molecule has 0 fully saturated rings. The van der Waals surface area contributed by atoms with Crippen LogP contribution in [0.2, 0.25) is 0 Å². The maximum Gasteiger partial charge on any atom is 0.0128 e. The minimum atomic E-state index is -0.107. The molecule has 0 saturated heterocycles. The Morgan fingerprint density at radius 2 is 0.867 bits per heavy atom. The molecule has 3 unspecified atom stereocenters. The fourth-order valence-corrected chi connectivity index (χ4v) is 5.89. The lowest BCUT2D eigenvalue weighted by atomic mass is 9.58. The van der Waals surface area contributed by atoms with Gasteiger partial charge in [0.25, 0.3) is 0 Å². The number of nitrogens with two attached hydrogens (primary N) is 2. The van der Waals surface area contributed by atoms with Crippen molar-refractivity contribution in [3.63, 3.8) is 0 Å². The molecule has 0 aliphatic heterocycles. The molecule has 2 nitrogen and oxygen atoms in total. The fourth-order valence-electron chi connectivity index (χ4n) is 5.89. The molecule has 0 heterocycles. The van der Waals surface area contributed by atoms with Gasteiger partial charge in [0.1, 0.15) is 0 Å². The Bertz CT molecular complexity index is 497. The first-order valence-corrected chi connectivity index (χ1v) is 12.9. The van der Waals surface area contributed by atoms with Crippen LogP contribution < -0.4 is 11.5 Å². The Morgan fingerprint density at radius 3 is 1.17 bits per heavy atom. The van der Waals surface area contributed by atoms with E-state index in [1.165, 1.54) is 44.9 Å². The predicted octanol–water partition coefficient (Wildman–Crippen LogP) is 8.47. The van der Waals surface area contributed by atoms with Crippen molar-refractivity contribution in [1.82, 2.24) is 0 Å². The number of rotatable bonds is 15. The van der Waals surface area contributed by atoms with Gasteiger partial charge in [-0.15, -0.1) is 0 Å². The van der Waals surface area contributed by atoms with Crippen LogP contribution >= 0.6 is 0 Å². The molecule has 30 heavy (non-hydrogen) atoms. The number of hydrogen-bond donors (Lipinski definition) is 2. The molecule has 0 aromatic heterocycles. The SMILES string of the molecule is CCC(C)(N)CC(C)(C)C(C)(CC)CCCCCC(C)(CC)C(C)(C)CC(C)(C)N. The maximum atomic E-state index is 6.57. The van der Waals surface area contributed by atoms with E-state index in [0.717, 1.165) is 19.3 Å². The molecule has 0 aliphatic carbocycles. The first-order chi connectivity index (χ1) is 13.3. The van der Waals surface area contributed by atoms with E-state index < -0.39 is 0 Å². The van der Waals surface area contributed by atoms with Crippen LogP contribution in [0.4, 0.5) is 0 Å². The summed E-state index contributed by atoms with van der Waals surface area (Å²) in [4.78, 5) is 0. The zero-order valence-electron chi connectivity index (χ0n) is 23.2. The third-order valence-corrected chi connectivity index (χ3v) is 9.34. The van der Waals surface area contributed by atoms with E-state index in [1.54, 1.807) is 0 Å². The van der Waals surface area contributed by atoms with Crippen LogP contribution in [-0.2, 0) is 0 Å². The molecule has 3 atom stereocenters. The van der Waals surface area contributed by atoms with Crippen LogP contribution in [0, 0.1) is 21.7 Å². The van der Waals surface area contributed by atoms with E-state index >= 15 is 0 Å². The van der Waals surface area contributed by atoms with Crippen molar-refractivity contribution in [1.29, 1.82) is 0 Å². The zero-order valence-corrected chi connectivity index (χ0v) is 23.2. The average molecular weight is 425 g/mol. The maximum absolute atomic E-state index is 6.57. The summed E-state index contributed by atoms with van der Waals surface area (Å²) >= 11 is 0. The molecule has 0 spiro atoms.